The molecule has 3 rings (SSSR count). The molecule has 1 aliphatic heterocycles. The third-order valence-corrected chi connectivity index (χ3v) is 4.71. The highest BCUT2D eigenvalue weighted by atomic mass is 35.5. The molecule has 1 unspecified atom stereocenters. The van der Waals surface area contributed by atoms with Crippen LogP contribution in [0.5, 0.6) is 5.75 Å². The number of likely N-dealkylation sites (N-methyl/N-ethyl adjacent to an activating group) is 1. The van der Waals surface area contributed by atoms with Crippen LogP contribution in [0.4, 0.5) is 0 Å². The molecule has 8 heteroatoms. The first-order chi connectivity index (χ1) is 12.6. The zero-order chi connectivity index (χ0) is 18.5. The molecule has 0 saturated carbocycles. The highest BCUT2D eigenvalue weighted by Gasteiger charge is 2.30. The standard InChI is InChI=1S/C18H24ClN5O2/c1-3-23-9-8-20-18(25)15(23)11-17-21-16(22-24(17)4-2)12-26-14-7-5-6-13(19)10-14/h5-7,10,15H,3-4,8-9,11-12H2,1-2H3,(H,20,25). The van der Waals surface area contributed by atoms with E-state index in [0.29, 0.717) is 36.1 Å². The van der Waals surface area contributed by atoms with Crippen LogP contribution < -0.4 is 10.1 Å². The number of benzene rings is 1. The number of aryl methyl sites for hydroxylation is 1. The van der Waals surface area contributed by atoms with Crippen LogP contribution in [0.3, 0.4) is 0 Å². The van der Waals surface area contributed by atoms with Crippen molar-refractivity contribution >= 4 is 17.5 Å². The molecule has 0 bridgehead atoms. The Morgan fingerprint density at radius 1 is 1.35 bits per heavy atom. The van der Waals surface area contributed by atoms with Gasteiger partial charge in [-0.1, -0.05) is 24.6 Å². The Hall–Kier alpha value is -2.12. The Bertz CT molecular complexity index is 764. The van der Waals surface area contributed by atoms with Crippen LogP contribution in [0.15, 0.2) is 24.3 Å². The topological polar surface area (TPSA) is 72.3 Å². The summed E-state index contributed by atoms with van der Waals surface area (Å²) in [6.45, 7) is 7.43. The molecule has 1 fully saturated rings. The van der Waals surface area contributed by atoms with Gasteiger partial charge in [-0.25, -0.2) is 9.67 Å². The third kappa shape index (κ3) is 4.34. The fourth-order valence-corrected chi connectivity index (χ4v) is 3.31. The maximum atomic E-state index is 12.3. The van der Waals surface area contributed by atoms with Crippen LogP contribution in [0.1, 0.15) is 25.5 Å². The average Bonchev–Trinajstić information content (AvgIpc) is 3.04. The van der Waals surface area contributed by atoms with Gasteiger partial charge in [-0.3, -0.25) is 9.69 Å². The molecule has 1 aliphatic rings. The summed E-state index contributed by atoms with van der Waals surface area (Å²) in [4.78, 5) is 19.0. The summed E-state index contributed by atoms with van der Waals surface area (Å²) in [6.07, 6.45) is 0.539. The molecule has 2 aromatic rings. The Balaban J connectivity index is 1.70. The van der Waals surface area contributed by atoms with E-state index in [0.717, 1.165) is 18.9 Å². The van der Waals surface area contributed by atoms with E-state index in [1.807, 2.05) is 23.7 Å². The van der Waals surface area contributed by atoms with E-state index in [4.69, 9.17) is 16.3 Å². The van der Waals surface area contributed by atoms with Gasteiger partial charge >= 0.3 is 0 Å². The first-order valence-electron chi connectivity index (χ1n) is 8.93. The predicted molar refractivity (Wildman–Crippen MR) is 99.2 cm³/mol. The monoisotopic (exact) mass is 377 g/mol. The zero-order valence-electron chi connectivity index (χ0n) is 15.1. The minimum Gasteiger partial charge on any atom is -0.485 e. The molecule has 0 aliphatic carbocycles. The van der Waals surface area contributed by atoms with Gasteiger partial charge in [0.25, 0.3) is 0 Å². The summed E-state index contributed by atoms with van der Waals surface area (Å²) < 4.78 is 7.57. The van der Waals surface area contributed by atoms with Crippen molar-refractivity contribution in [1.29, 1.82) is 0 Å². The zero-order valence-corrected chi connectivity index (χ0v) is 15.9. The Morgan fingerprint density at radius 3 is 2.92 bits per heavy atom. The second-order valence-electron chi connectivity index (χ2n) is 6.15. The number of aromatic nitrogens is 3. The molecule has 0 radical (unpaired) electrons. The number of carbonyl (C=O) groups excluding carboxylic acids is 1. The van der Waals surface area contributed by atoms with Gasteiger partial charge in [0, 0.05) is 31.1 Å². The number of ether oxygens (including phenoxy) is 1. The molecular weight excluding hydrogens is 354 g/mol. The Morgan fingerprint density at radius 2 is 2.19 bits per heavy atom. The molecule has 140 valence electrons. The molecule has 1 aromatic carbocycles. The maximum absolute atomic E-state index is 12.3. The smallest absolute Gasteiger partial charge is 0.237 e. The van der Waals surface area contributed by atoms with Crippen LogP contribution in [0.2, 0.25) is 5.02 Å². The van der Waals surface area contributed by atoms with Gasteiger partial charge in [-0.15, -0.1) is 0 Å². The number of nitrogens with one attached hydrogen (secondary N) is 1. The third-order valence-electron chi connectivity index (χ3n) is 4.48. The number of halogens is 1. The summed E-state index contributed by atoms with van der Waals surface area (Å²) in [5.74, 6) is 2.13. The Kier molecular flexibility index (Phi) is 6.11. The van der Waals surface area contributed by atoms with Crippen molar-refractivity contribution in [1.82, 2.24) is 25.0 Å². The molecule has 1 amide bonds. The lowest BCUT2D eigenvalue weighted by molar-refractivity contribution is -0.128. The fourth-order valence-electron chi connectivity index (χ4n) is 3.13. The van der Waals surface area contributed by atoms with Gasteiger partial charge in [0.05, 0.1) is 6.04 Å². The molecule has 0 spiro atoms. The van der Waals surface area contributed by atoms with E-state index in [1.165, 1.54) is 0 Å². The minimum absolute atomic E-state index is 0.0560. The first-order valence-corrected chi connectivity index (χ1v) is 9.31. The number of carbonyl (C=O) groups is 1. The average molecular weight is 378 g/mol. The highest BCUT2D eigenvalue weighted by Crippen LogP contribution is 2.18. The lowest BCUT2D eigenvalue weighted by Crippen LogP contribution is -2.56. The van der Waals surface area contributed by atoms with Gasteiger partial charge in [0.2, 0.25) is 5.91 Å². The van der Waals surface area contributed by atoms with Gasteiger partial charge in [0.1, 0.15) is 18.2 Å². The summed E-state index contributed by atoms with van der Waals surface area (Å²) >= 11 is 5.97. The van der Waals surface area contributed by atoms with E-state index in [1.54, 1.807) is 12.1 Å². The molecule has 1 atom stereocenters. The number of amides is 1. The summed E-state index contributed by atoms with van der Waals surface area (Å²) in [5.41, 5.74) is 0. The van der Waals surface area contributed by atoms with Gasteiger partial charge in [0.15, 0.2) is 5.82 Å². The molecule has 1 aromatic heterocycles. The lowest BCUT2D eigenvalue weighted by Gasteiger charge is -2.33. The summed E-state index contributed by atoms with van der Waals surface area (Å²) in [7, 11) is 0. The second-order valence-corrected chi connectivity index (χ2v) is 6.58. The largest absolute Gasteiger partial charge is 0.485 e. The SMILES string of the molecule is CCN1CCNC(=O)C1Cc1nc(COc2cccc(Cl)c2)nn1CC. The van der Waals surface area contributed by atoms with Crippen LogP contribution in [-0.2, 0) is 24.4 Å². The summed E-state index contributed by atoms with van der Waals surface area (Å²) in [6, 6.07) is 7.03. The maximum Gasteiger partial charge on any atom is 0.237 e. The van der Waals surface area contributed by atoms with Crippen molar-refractivity contribution in [3.05, 3.63) is 40.9 Å². The van der Waals surface area contributed by atoms with Crippen LogP contribution >= 0.6 is 11.6 Å². The molecule has 7 nitrogen and oxygen atoms in total. The molecule has 26 heavy (non-hydrogen) atoms. The fraction of sp³-hybridized carbons (Fsp3) is 0.500. The van der Waals surface area contributed by atoms with Gasteiger partial charge in [-0.2, -0.15) is 5.10 Å². The van der Waals surface area contributed by atoms with Crippen molar-refractivity contribution in [2.24, 2.45) is 0 Å². The van der Waals surface area contributed by atoms with Crippen LogP contribution in [-0.4, -0.2) is 51.2 Å². The minimum atomic E-state index is -0.204. The van der Waals surface area contributed by atoms with E-state index in [2.05, 4.69) is 27.2 Å². The lowest BCUT2D eigenvalue weighted by atomic mass is 10.1. The highest BCUT2D eigenvalue weighted by molar-refractivity contribution is 6.30. The van der Waals surface area contributed by atoms with Gasteiger partial charge in [-0.05, 0) is 31.7 Å². The first kappa shape index (κ1) is 18.7. The molecule has 1 saturated heterocycles. The van der Waals surface area contributed by atoms with E-state index in [-0.39, 0.29) is 18.6 Å². The van der Waals surface area contributed by atoms with Crippen molar-refractivity contribution in [3.63, 3.8) is 0 Å². The molecular formula is C18H24ClN5O2. The van der Waals surface area contributed by atoms with Crippen molar-refractivity contribution in [3.8, 4) is 5.75 Å². The second kappa shape index (κ2) is 8.51. The van der Waals surface area contributed by atoms with Crippen LogP contribution in [0, 0.1) is 0 Å². The van der Waals surface area contributed by atoms with E-state index in [9.17, 15) is 4.79 Å². The normalized spacial score (nSPS) is 18.0. The number of rotatable bonds is 7. The predicted octanol–water partition coefficient (Wildman–Crippen LogP) is 1.89. The molecule has 2 heterocycles. The van der Waals surface area contributed by atoms with Crippen LogP contribution in [0.25, 0.3) is 0 Å². The van der Waals surface area contributed by atoms with Gasteiger partial charge < -0.3 is 10.1 Å². The number of hydrogen-bond donors (Lipinski definition) is 1. The van der Waals surface area contributed by atoms with E-state index < -0.39 is 0 Å². The quantitative estimate of drug-likeness (QED) is 0.797. The van der Waals surface area contributed by atoms with E-state index >= 15 is 0 Å². The molecule has 1 N–H and O–H groups in total. The van der Waals surface area contributed by atoms with Crippen molar-refractivity contribution < 1.29 is 9.53 Å². The Labute approximate surface area is 158 Å². The van der Waals surface area contributed by atoms with Crippen molar-refractivity contribution in [2.75, 3.05) is 19.6 Å². The number of piperazine rings is 1. The number of nitrogens with zero attached hydrogens (tertiary/aromatic N) is 4. The number of hydrogen-bond acceptors (Lipinski definition) is 5. The van der Waals surface area contributed by atoms with Crippen molar-refractivity contribution in [2.45, 2.75) is 39.5 Å². The summed E-state index contributed by atoms with van der Waals surface area (Å²) in [5, 5.41) is 8.07.